The van der Waals surface area contributed by atoms with Gasteiger partial charge in [-0.25, -0.2) is 0 Å². The van der Waals surface area contributed by atoms with Crippen LogP contribution in [-0.4, -0.2) is 21.9 Å². The van der Waals surface area contributed by atoms with Crippen LogP contribution in [0.15, 0.2) is 24.3 Å². The molecule has 0 N–H and O–H groups in total. The Morgan fingerprint density at radius 2 is 1.44 bits per heavy atom. The van der Waals surface area contributed by atoms with Gasteiger partial charge in [0.2, 0.25) is 0 Å². The zero-order valence-corrected chi connectivity index (χ0v) is 19.5. The van der Waals surface area contributed by atoms with E-state index >= 15 is 0 Å². The maximum Gasteiger partial charge on any atom is 0.146 e. The molecule has 0 saturated carbocycles. The molecule has 0 atom stereocenters. The quantitative estimate of drug-likeness (QED) is 0.432. The standard InChI is InChI=1S/C24H41BOSi/c1-19(2)27(20(3)4,24-15-13-23(26-5)14-16-24)18-8-17-25-21-9-6-10-22(25)12-7-11-21/h13-16,19-22H,6-12,17-18H2,1-5H3. The number of benzene rings is 1. The monoisotopic (exact) mass is 384 g/mol. The molecule has 0 aliphatic carbocycles. The fourth-order valence-electron chi connectivity index (χ4n) is 6.87. The minimum atomic E-state index is -1.54. The van der Waals surface area contributed by atoms with Gasteiger partial charge >= 0.3 is 0 Å². The maximum atomic E-state index is 5.42. The lowest BCUT2D eigenvalue weighted by molar-refractivity contribution is 0.415. The van der Waals surface area contributed by atoms with Gasteiger partial charge in [-0.1, -0.05) is 114 Å². The Hall–Kier alpha value is -0.698. The van der Waals surface area contributed by atoms with Crippen molar-refractivity contribution in [2.75, 3.05) is 7.11 Å². The van der Waals surface area contributed by atoms with Gasteiger partial charge in [0.25, 0.3) is 0 Å². The maximum absolute atomic E-state index is 5.42. The Kier molecular flexibility index (Phi) is 7.16. The van der Waals surface area contributed by atoms with Crippen LogP contribution in [0.5, 0.6) is 5.75 Å². The normalized spacial score (nSPS) is 23.1. The van der Waals surface area contributed by atoms with Crippen LogP contribution in [0.1, 0.15) is 72.6 Å². The molecule has 2 aliphatic heterocycles. The van der Waals surface area contributed by atoms with Crippen molar-refractivity contribution >= 4 is 20.0 Å². The molecule has 0 radical (unpaired) electrons. The fourth-order valence-corrected chi connectivity index (χ4v) is 12.6. The van der Waals surface area contributed by atoms with Gasteiger partial charge in [-0.05, 0) is 23.2 Å². The zero-order chi connectivity index (χ0) is 19.4. The number of methoxy groups -OCH3 is 1. The molecule has 2 aliphatic rings. The molecule has 3 rings (SSSR count). The summed E-state index contributed by atoms with van der Waals surface area (Å²) in [7, 11) is 0.231. The lowest BCUT2D eigenvalue weighted by Crippen LogP contribution is -2.53. The number of rotatable bonds is 8. The predicted molar refractivity (Wildman–Crippen MR) is 124 cm³/mol. The van der Waals surface area contributed by atoms with Gasteiger partial charge in [0, 0.05) is 0 Å². The second-order valence-electron chi connectivity index (χ2n) is 10.0. The summed E-state index contributed by atoms with van der Waals surface area (Å²) in [6.07, 6.45) is 12.1. The van der Waals surface area contributed by atoms with Crippen molar-refractivity contribution in [3.8, 4) is 5.75 Å². The van der Waals surface area contributed by atoms with Crippen molar-refractivity contribution < 1.29 is 4.74 Å². The Balaban J connectivity index is 1.73. The molecular weight excluding hydrogens is 343 g/mol. The van der Waals surface area contributed by atoms with E-state index in [0.717, 1.165) is 35.2 Å². The average Bonchev–Trinajstić information content (AvgIpc) is 2.64. The summed E-state index contributed by atoms with van der Waals surface area (Å²) >= 11 is 0. The molecule has 1 aromatic carbocycles. The molecular formula is C24H41BOSi. The summed E-state index contributed by atoms with van der Waals surface area (Å²) in [6.45, 7) is 11.0. The molecule has 2 saturated heterocycles. The second kappa shape index (κ2) is 9.20. The van der Waals surface area contributed by atoms with E-state index in [1.165, 1.54) is 57.3 Å². The third kappa shape index (κ3) is 4.33. The molecule has 27 heavy (non-hydrogen) atoms. The Labute approximate surface area is 169 Å². The summed E-state index contributed by atoms with van der Waals surface area (Å²) in [5.74, 6) is 3.12. The predicted octanol–water partition coefficient (Wildman–Crippen LogP) is 7.16. The van der Waals surface area contributed by atoms with Gasteiger partial charge in [0.15, 0.2) is 0 Å². The Bertz CT molecular complexity index is 553. The topological polar surface area (TPSA) is 9.23 Å². The number of ether oxygens (including phenoxy) is 1. The molecule has 0 spiro atoms. The smallest absolute Gasteiger partial charge is 0.146 e. The minimum Gasteiger partial charge on any atom is -0.497 e. The second-order valence-corrected chi connectivity index (χ2v) is 15.5. The van der Waals surface area contributed by atoms with Crippen LogP contribution in [-0.2, 0) is 0 Å². The van der Waals surface area contributed by atoms with E-state index < -0.39 is 8.07 Å². The minimum absolute atomic E-state index is 0.789. The van der Waals surface area contributed by atoms with Crippen LogP contribution in [0.3, 0.4) is 0 Å². The molecule has 1 nitrogen and oxygen atoms in total. The fraction of sp³-hybridized carbons (Fsp3) is 0.750. The number of hydrogen-bond acceptors (Lipinski definition) is 1. The molecule has 0 unspecified atom stereocenters. The van der Waals surface area contributed by atoms with E-state index in [1.54, 1.807) is 12.3 Å². The van der Waals surface area contributed by atoms with Gasteiger partial charge < -0.3 is 4.74 Å². The first kappa shape index (κ1) is 21.0. The number of fused-ring (bicyclic) bond motifs is 2. The van der Waals surface area contributed by atoms with E-state index in [4.69, 9.17) is 4.74 Å². The van der Waals surface area contributed by atoms with Crippen LogP contribution >= 0.6 is 0 Å². The van der Waals surface area contributed by atoms with Crippen LogP contribution in [0, 0.1) is 0 Å². The highest BCUT2D eigenvalue weighted by Gasteiger charge is 2.43. The van der Waals surface area contributed by atoms with Crippen molar-refractivity contribution in [1.29, 1.82) is 0 Å². The van der Waals surface area contributed by atoms with Crippen molar-refractivity contribution in [1.82, 2.24) is 0 Å². The van der Waals surface area contributed by atoms with E-state index in [2.05, 4.69) is 52.0 Å². The highest BCUT2D eigenvalue weighted by molar-refractivity contribution is 6.94. The van der Waals surface area contributed by atoms with E-state index in [1.807, 2.05) is 0 Å². The van der Waals surface area contributed by atoms with E-state index in [-0.39, 0.29) is 0 Å². The summed E-state index contributed by atoms with van der Waals surface area (Å²) in [4.78, 5) is 0. The molecule has 2 heterocycles. The SMILES string of the molecule is COc1ccc([Si](CCCB2C3CCCC2CCC3)(C(C)C)C(C)C)cc1. The molecule has 2 bridgehead atoms. The van der Waals surface area contributed by atoms with Crippen molar-refractivity contribution in [3.63, 3.8) is 0 Å². The van der Waals surface area contributed by atoms with Crippen LogP contribution in [0.2, 0.25) is 35.1 Å². The molecule has 2 fully saturated rings. The van der Waals surface area contributed by atoms with Gasteiger partial charge in [0.1, 0.15) is 12.5 Å². The van der Waals surface area contributed by atoms with Crippen molar-refractivity contribution in [3.05, 3.63) is 24.3 Å². The molecule has 0 amide bonds. The summed E-state index contributed by atoms with van der Waals surface area (Å²) in [5, 5.41) is 1.65. The van der Waals surface area contributed by atoms with Crippen LogP contribution in [0.25, 0.3) is 0 Å². The summed E-state index contributed by atoms with van der Waals surface area (Å²) in [5.41, 5.74) is 1.58. The Morgan fingerprint density at radius 1 is 0.926 bits per heavy atom. The van der Waals surface area contributed by atoms with Gasteiger partial charge in [0.05, 0.1) is 15.2 Å². The van der Waals surface area contributed by atoms with Gasteiger partial charge in [-0.3, -0.25) is 0 Å². The zero-order valence-electron chi connectivity index (χ0n) is 18.5. The lowest BCUT2D eigenvalue weighted by atomic mass is 9.26. The van der Waals surface area contributed by atoms with Crippen molar-refractivity contribution in [2.45, 2.75) is 108 Å². The van der Waals surface area contributed by atoms with E-state index in [0.29, 0.717) is 0 Å². The third-order valence-electron chi connectivity index (χ3n) is 8.33. The molecule has 1 aromatic rings. The Morgan fingerprint density at radius 3 is 1.89 bits per heavy atom. The molecule has 0 aromatic heterocycles. The highest BCUT2D eigenvalue weighted by Crippen LogP contribution is 2.48. The highest BCUT2D eigenvalue weighted by atomic mass is 28.3. The first-order chi connectivity index (χ1) is 13.0. The molecule has 150 valence electrons. The average molecular weight is 384 g/mol. The first-order valence-electron chi connectivity index (χ1n) is 11.6. The summed E-state index contributed by atoms with van der Waals surface area (Å²) in [6, 6.07) is 10.6. The van der Waals surface area contributed by atoms with E-state index in [9.17, 15) is 0 Å². The van der Waals surface area contributed by atoms with Crippen LogP contribution < -0.4 is 9.92 Å². The first-order valence-corrected chi connectivity index (χ1v) is 14.0. The summed E-state index contributed by atoms with van der Waals surface area (Å²) < 4.78 is 5.42. The lowest BCUT2D eigenvalue weighted by Gasteiger charge is -2.43. The third-order valence-corrected chi connectivity index (χ3v) is 15.0. The molecule has 3 heteroatoms. The largest absolute Gasteiger partial charge is 0.497 e. The van der Waals surface area contributed by atoms with Gasteiger partial charge in [-0.2, -0.15) is 0 Å². The number of hydrogen-bond donors (Lipinski definition) is 0. The van der Waals surface area contributed by atoms with Crippen molar-refractivity contribution in [2.24, 2.45) is 0 Å². The van der Waals surface area contributed by atoms with Gasteiger partial charge in [-0.15, -0.1) is 0 Å². The van der Waals surface area contributed by atoms with Crippen LogP contribution in [0.4, 0.5) is 0 Å².